The van der Waals surface area contributed by atoms with Crippen molar-refractivity contribution in [2.45, 2.75) is 57.8 Å². The van der Waals surface area contributed by atoms with Gasteiger partial charge in [-0.3, -0.25) is 9.59 Å². The largest absolute Gasteiger partial charge is 0.518 e. The summed E-state index contributed by atoms with van der Waals surface area (Å²) in [7, 11) is -3.64. The van der Waals surface area contributed by atoms with Gasteiger partial charge in [-0.1, -0.05) is 22.6 Å². The average molecular weight is 443 g/mol. The van der Waals surface area contributed by atoms with Crippen LogP contribution in [0.5, 0.6) is 0 Å². The third kappa shape index (κ3) is 6.37. The second-order valence-corrected chi connectivity index (χ2v) is 17.0. The second-order valence-electron chi connectivity index (χ2n) is 7.32. The fourth-order valence-electron chi connectivity index (χ4n) is 2.33. The topological polar surface area (TPSA) is 55.8 Å². The summed E-state index contributed by atoms with van der Waals surface area (Å²) >= 11 is 2.03. The first-order valence-corrected chi connectivity index (χ1v) is 15.5. The van der Waals surface area contributed by atoms with Crippen LogP contribution in [0.15, 0.2) is 0 Å². The number of amides is 1. The minimum Gasteiger partial charge on any atom is -0.518 e. The van der Waals surface area contributed by atoms with Crippen LogP contribution in [0.2, 0.25) is 39.3 Å². The fraction of sp³-hybridized carbons (Fsp3) is 0.846. The van der Waals surface area contributed by atoms with E-state index in [-0.39, 0.29) is 18.0 Å². The van der Waals surface area contributed by atoms with Crippen LogP contribution in [0.3, 0.4) is 0 Å². The molecule has 0 N–H and O–H groups in total. The SMILES string of the molecule is C[Si](C)(C)OC(=O)[C@@H]1C[C@@H](O[Si](C)(C)C)CN1C(=O)CI. The van der Waals surface area contributed by atoms with E-state index in [0.29, 0.717) is 17.4 Å². The Balaban J connectivity index is 2.83. The average Bonchev–Trinajstić information content (AvgIpc) is 2.67. The highest BCUT2D eigenvalue weighted by Gasteiger charge is 2.42. The Labute approximate surface area is 143 Å². The van der Waals surface area contributed by atoms with Crippen molar-refractivity contribution in [1.29, 1.82) is 0 Å². The Hall–Kier alpha value is 0.0638. The molecule has 0 saturated carbocycles. The fourth-order valence-corrected chi connectivity index (χ4v) is 4.68. The highest BCUT2D eigenvalue weighted by molar-refractivity contribution is 14.1. The van der Waals surface area contributed by atoms with E-state index in [1.165, 1.54) is 0 Å². The maximum absolute atomic E-state index is 12.4. The number of likely N-dealkylation sites (tertiary alicyclic amines) is 1. The van der Waals surface area contributed by atoms with Gasteiger partial charge in [-0.2, -0.15) is 0 Å². The molecular formula is C13H26INO4Si2. The number of alkyl halides is 1. The molecule has 0 aromatic heterocycles. The van der Waals surface area contributed by atoms with Gasteiger partial charge in [0.2, 0.25) is 14.2 Å². The van der Waals surface area contributed by atoms with Crippen LogP contribution in [0.1, 0.15) is 6.42 Å². The number of hydrogen-bond donors (Lipinski definition) is 0. The molecular weight excluding hydrogens is 417 g/mol. The summed E-state index contributed by atoms with van der Waals surface area (Å²) in [5.41, 5.74) is 0. The molecule has 2 atom stereocenters. The molecule has 5 nitrogen and oxygen atoms in total. The number of nitrogens with zero attached hydrogens (tertiary/aromatic N) is 1. The summed E-state index contributed by atoms with van der Waals surface area (Å²) in [5, 5.41) is 0. The van der Waals surface area contributed by atoms with E-state index in [9.17, 15) is 9.59 Å². The van der Waals surface area contributed by atoms with Gasteiger partial charge < -0.3 is 13.8 Å². The van der Waals surface area contributed by atoms with E-state index in [4.69, 9.17) is 8.85 Å². The van der Waals surface area contributed by atoms with E-state index in [1.54, 1.807) is 4.90 Å². The van der Waals surface area contributed by atoms with Gasteiger partial charge in [-0.05, 0) is 39.3 Å². The summed E-state index contributed by atoms with van der Waals surface area (Å²) in [6, 6.07) is -0.486. The number of hydrogen-bond acceptors (Lipinski definition) is 4. The Bertz CT molecular complexity index is 406. The first-order valence-electron chi connectivity index (χ1n) is 7.19. The van der Waals surface area contributed by atoms with E-state index < -0.39 is 22.7 Å². The van der Waals surface area contributed by atoms with Gasteiger partial charge in [0.25, 0.3) is 0 Å². The molecule has 0 aliphatic carbocycles. The molecule has 1 rings (SSSR count). The number of rotatable bonds is 5. The highest BCUT2D eigenvalue weighted by atomic mass is 127. The predicted octanol–water partition coefficient (Wildman–Crippen LogP) is 2.62. The molecule has 0 aromatic rings. The molecule has 8 heteroatoms. The van der Waals surface area contributed by atoms with Crippen molar-refractivity contribution in [2.75, 3.05) is 11.0 Å². The van der Waals surface area contributed by atoms with E-state index >= 15 is 0 Å². The summed E-state index contributed by atoms with van der Waals surface area (Å²) in [5.74, 6) is -0.288. The molecule has 1 fully saturated rings. The summed E-state index contributed by atoms with van der Waals surface area (Å²) in [6.07, 6.45) is 0.499. The van der Waals surface area contributed by atoms with Gasteiger partial charge >= 0.3 is 5.97 Å². The lowest BCUT2D eigenvalue weighted by atomic mass is 10.2. The standard InChI is InChI=1S/C13H26INO4Si2/c1-20(2,3)18-10-7-11(13(17)19-21(4,5)6)15(9-10)12(16)8-14/h10-11H,7-9H2,1-6H3/t10-,11+/m1/s1. The van der Waals surface area contributed by atoms with Gasteiger partial charge in [0, 0.05) is 13.0 Å². The lowest BCUT2D eigenvalue weighted by Gasteiger charge is -2.26. The van der Waals surface area contributed by atoms with Crippen LogP contribution in [0, 0.1) is 0 Å². The Kier molecular flexibility index (Phi) is 6.45. The van der Waals surface area contributed by atoms with Gasteiger partial charge in [0.15, 0.2) is 8.32 Å². The zero-order chi connectivity index (χ0) is 16.4. The van der Waals surface area contributed by atoms with Gasteiger partial charge in [-0.15, -0.1) is 0 Å². The molecule has 1 amide bonds. The van der Waals surface area contributed by atoms with Crippen molar-refractivity contribution in [3.63, 3.8) is 0 Å². The molecule has 1 saturated heterocycles. The molecule has 0 bridgehead atoms. The highest BCUT2D eigenvalue weighted by Crippen LogP contribution is 2.25. The number of halogens is 1. The molecule has 0 spiro atoms. The molecule has 0 aromatic carbocycles. The number of carbonyl (C=O) groups excluding carboxylic acids is 2. The maximum atomic E-state index is 12.4. The maximum Gasteiger partial charge on any atom is 0.315 e. The van der Waals surface area contributed by atoms with Crippen LogP contribution < -0.4 is 0 Å². The summed E-state index contributed by atoms with van der Waals surface area (Å²) in [6.45, 7) is 12.8. The molecule has 1 heterocycles. The Morgan fingerprint density at radius 1 is 1.14 bits per heavy atom. The van der Waals surface area contributed by atoms with Crippen LogP contribution in [0.25, 0.3) is 0 Å². The van der Waals surface area contributed by atoms with Crippen molar-refractivity contribution in [3.8, 4) is 0 Å². The third-order valence-electron chi connectivity index (χ3n) is 2.90. The zero-order valence-electron chi connectivity index (χ0n) is 13.7. The normalized spacial score (nSPS) is 23.3. The van der Waals surface area contributed by atoms with Crippen LogP contribution in [0.4, 0.5) is 0 Å². The minimum atomic E-state index is -1.95. The lowest BCUT2D eigenvalue weighted by Crippen LogP contribution is -2.45. The molecule has 122 valence electrons. The van der Waals surface area contributed by atoms with Gasteiger partial charge in [-0.25, -0.2) is 0 Å². The van der Waals surface area contributed by atoms with Gasteiger partial charge in [0.05, 0.1) is 10.5 Å². The van der Waals surface area contributed by atoms with Crippen LogP contribution in [-0.2, 0) is 18.4 Å². The Morgan fingerprint density at radius 2 is 1.71 bits per heavy atom. The molecule has 1 aliphatic rings. The van der Waals surface area contributed by atoms with E-state index in [1.807, 2.05) is 42.2 Å². The predicted molar refractivity (Wildman–Crippen MR) is 96.7 cm³/mol. The quantitative estimate of drug-likeness (QED) is 0.373. The van der Waals surface area contributed by atoms with E-state index in [2.05, 4.69) is 19.6 Å². The molecule has 1 aliphatic heterocycles. The lowest BCUT2D eigenvalue weighted by molar-refractivity contribution is -0.145. The first kappa shape index (κ1) is 19.1. The molecule has 21 heavy (non-hydrogen) atoms. The van der Waals surface area contributed by atoms with Gasteiger partial charge in [0.1, 0.15) is 6.04 Å². The van der Waals surface area contributed by atoms with Crippen molar-refractivity contribution in [3.05, 3.63) is 0 Å². The molecule has 0 unspecified atom stereocenters. The van der Waals surface area contributed by atoms with Crippen LogP contribution >= 0.6 is 22.6 Å². The monoisotopic (exact) mass is 443 g/mol. The smallest absolute Gasteiger partial charge is 0.315 e. The van der Waals surface area contributed by atoms with E-state index in [0.717, 1.165) is 0 Å². The van der Waals surface area contributed by atoms with Crippen molar-refractivity contribution >= 4 is 51.1 Å². The van der Waals surface area contributed by atoms with Crippen molar-refractivity contribution in [1.82, 2.24) is 4.90 Å². The van der Waals surface area contributed by atoms with Crippen LogP contribution in [-0.4, -0.2) is 56.5 Å². The Morgan fingerprint density at radius 3 is 2.14 bits per heavy atom. The summed E-state index contributed by atoms with van der Waals surface area (Å²) < 4.78 is 12.0. The van der Waals surface area contributed by atoms with Crippen molar-refractivity contribution in [2.24, 2.45) is 0 Å². The second kappa shape index (κ2) is 7.09. The minimum absolute atomic E-state index is 0.0187. The zero-order valence-corrected chi connectivity index (χ0v) is 17.9. The molecule has 0 radical (unpaired) electrons. The number of carbonyl (C=O) groups is 2. The van der Waals surface area contributed by atoms with Crippen molar-refractivity contribution < 1.29 is 18.4 Å². The summed E-state index contributed by atoms with van der Waals surface area (Å²) in [4.78, 5) is 26.1. The third-order valence-corrected chi connectivity index (χ3v) is 5.40. The first-order chi connectivity index (χ1) is 9.43.